The summed E-state index contributed by atoms with van der Waals surface area (Å²) in [5.41, 5.74) is -4.19. The molecule has 9 heteroatoms. The molecule has 2 nitrogen and oxygen atoms in total. The van der Waals surface area contributed by atoms with E-state index in [2.05, 4.69) is 9.72 Å². The number of aromatic nitrogens is 1. The van der Waals surface area contributed by atoms with E-state index in [9.17, 15) is 26.3 Å². The quantitative estimate of drug-likeness (QED) is 0.618. The van der Waals surface area contributed by atoms with Crippen LogP contribution in [0.15, 0.2) is 18.3 Å². The smallest absolute Gasteiger partial charge is 0.353 e. The van der Waals surface area contributed by atoms with Crippen LogP contribution in [0.3, 0.4) is 0 Å². The fourth-order valence-corrected chi connectivity index (χ4v) is 1.28. The highest BCUT2D eigenvalue weighted by atomic mass is 35.5. The van der Waals surface area contributed by atoms with Crippen LogP contribution < -0.4 is 0 Å². The maximum atomic E-state index is 12.5. The molecule has 0 aliphatic heterocycles. The van der Waals surface area contributed by atoms with Crippen LogP contribution in [0.1, 0.15) is 12.5 Å². The van der Waals surface area contributed by atoms with Gasteiger partial charge in [-0.15, -0.1) is 0 Å². The van der Waals surface area contributed by atoms with Gasteiger partial charge in [0.1, 0.15) is 5.15 Å². The van der Waals surface area contributed by atoms with Crippen molar-refractivity contribution in [3.05, 3.63) is 29.0 Å². The van der Waals surface area contributed by atoms with Gasteiger partial charge in [0.05, 0.1) is 6.61 Å². The van der Waals surface area contributed by atoms with E-state index in [1.165, 1.54) is 6.07 Å². The van der Waals surface area contributed by atoms with Crippen molar-refractivity contribution in [2.75, 3.05) is 0 Å². The van der Waals surface area contributed by atoms with Crippen LogP contribution in [-0.2, 0) is 11.3 Å². The van der Waals surface area contributed by atoms with Crippen molar-refractivity contribution >= 4 is 11.6 Å². The molecule has 1 aromatic rings. The van der Waals surface area contributed by atoms with E-state index >= 15 is 0 Å². The van der Waals surface area contributed by atoms with Gasteiger partial charge in [-0.25, -0.2) is 4.98 Å². The number of pyridine rings is 1. The van der Waals surface area contributed by atoms with Crippen LogP contribution in [0.25, 0.3) is 0 Å². The molecule has 0 fully saturated rings. The summed E-state index contributed by atoms with van der Waals surface area (Å²) in [4.78, 5) is 3.55. The van der Waals surface area contributed by atoms with Crippen molar-refractivity contribution in [3.8, 4) is 0 Å². The van der Waals surface area contributed by atoms with E-state index < -0.39 is 24.6 Å². The Balaban J connectivity index is 2.93. The number of nitrogens with zero attached hydrogens (tertiary/aromatic N) is 1. The average molecular weight is 308 g/mol. The Morgan fingerprint density at radius 1 is 1.16 bits per heavy atom. The second kappa shape index (κ2) is 5.16. The zero-order valence-corrected chi connectivity index (χ0v) is 10.2. The third-order valence-electron chi connectivity index (χ3n) is 2.40. The molecule has 0 spiro atoms. The van der Waals surface area contributed by atoms with Gasteiger partial charge in [0.2, 0.25) is 0 Å². The first-order valence-corrected chi connectivity index (χ1v) is 5.23. The zero-order valence-electron chi connectivity index (χ0n) is 9.44. The molecule has 0 radical (unpaired) electrons. The number of hydrogen-bond donors (Lipinski definition) is 0. The monoisotopic (exact) mass is 307 g/mol. The Hall–Kier alpha value is -1.02. The minimum absolute atomic E-state index is 0.0539. The predicted octanol–water partition coefficient (Wildman–Crippen LogP) is 4.13. The predicted molar refractivity (Wildman–Crippen MR) is 54.6 cm³/mol. The van der Waals surface area contributed by atoms with Gasteiger partial charge in [-0.1, -0.05) is 11.6 Å². The first-order chi connectivity index (χ1) is 8.47. The molecule has 19 heavy (non-hydrogen) atoms. The van der Waals surface area contributed by atoms with Crippen molar-refractivity contribution in [2.45, 2.75) is 31.5 Å². The normalized spacial score (nSPS) is 13.7. The molecule has 1 aromatic heterocycles. The molecule has 108 valence electrons. The molecular formula is C10H8ClF6NO. The van der Waals surface area contributed by atoms with Crippen molar-refractivity contribution in [2.24, 2.45) is 0 Å². The third kappa shape index (κ3) is 3.50. The molecule has 0 unspecified atom stereocenters. The van der Waals surface area contributed by atoms with Crippen LogP contribution in [0.5, 0.6) is 0 Å². The average Bonchev–Trinajstić information content (AvgIpc) is 2.22. The lowest BCUT2D eigenvalue weighted by Crippen LogP contribution is -2.56. The second-order valence-electron chi connectivity index (χ2n) is 3.80. The standard InChI is InChI=1S/C10H8ClF6NO/c1-8(9(12,13)14,10(15,16)17)19-5-6-2-3-18-7(11)4-6/h2-4H,5H2,1H3. The van der Waals surface area contributed by atoms with E-state index in [0.29, 0.717) is 0 Å². The number of ether oxygens (including phenoxy) is 1. The molecule has 0 aliphatic rings. The molecule has 0 aliphatic carbocycles. The Morgan fingerprint density at radius 3 is 2.11 bits per heavy atom. The molecule has 1 heterocycles. The Morgan fingerprint density at radius 2 is 1.68 bits per heavy atom. The summed E-state index contributed by atoms with van der Waals surface area (Å²) in [6, 6.07) is 2.33. The summed E-state index contributed by atoms with van der Waals surface area (Å²) in [5, 5.41) is -0.0539. The Bertz CT molecular complexity index is 430. The van der Waals surface area contributed by atoms with E-state index in [1.807, 2.05) is 0 Å². The van der Waals surface area contributed by atoms with Gasteiger partial charge >= 0.3 is 12.4 Å². The third-order valence-corrected chi connectivity index (χ3v) is 2.61. The Kier molecular flexibility index (Phi) is 4.36. The highest BCUT2D eigenvalue weighted by molar-refractivity contribution is 6.29. The van der Waals surface area contributed by atoms with Crippen molar-refractivity contribution < 1.29 is 31.1 Å². The molecule has 0 amide bonds. The second-order valence-corrected chi connectivity index (χ2v) is 4.19. The van der Waals surface area contributed by atoms with Crippen molar-refractivity contribution in [1.29, 1.82) is 0 Å². The number of halogens is 7. The number of alkyl halides is 6. The molecule has 0 aromatic carbocycles. The summed E-state index contributed by atoms with van der Waals surface area (Å²) in [6.07, 6.45) is -10.0. The van der Waals surface area contributed by atoms with E-state index in [4.69, 9.17) is 11.6 Å². The van der Waals surface area contributed by atoms with Crippen molar-refractivity contribution in [1.82, 2.24) is 4.98 Å². The fraction of sp³-hybridized carbons (Fsp3) is 0.500. The minimum atomic E-state index is -5.58. The van der Waals surface area contributed by atoms with E-state index in [-0.39, 0.29) is 17.6 Å². The van der Waals surface area contributed by atoms with Gasteiger partial charge in [-0.05, 0) is 24.6 Å². The lowest BCUT2D eigenvalue weighted by Gasteiger charge is -2.33. The van der Waals surface area contributed by atoms with Crippen LogP contribution in [0.2, 0.25) is 5.15 Å². The van der Waals surface area contributed by atoms with Crippen LogP contribution in [0.4, 0.5) is 26.3 Å². The molecule has 0 saturated heterocycles. The summed E-state index contributed by atoms with van der Waals surface area (Å²) >= 11 is 5.46. The summed E-state index contributed by atoms with van der Waals surface area (Å²) in [5.74, 6) is 0. The van der Waals surface area contributed by atoms with Gasteiger partial charge in [0.25, 0.3) is 5.60 Å². The molecular weight excluding hydrogens is 300 g/mol. The highest BCUT2D eigenvalue weighted by Gasteiger charge is 2.69. The molecule has 0 bridgehead atoms. The Labute approximate surface area is 109 Å². The topological polar surface area (TPSA) is 22.1 Å². The highest BCUT2D eigenvalue weighted by Crippen LogP contribution is 2.45. The van der Waals surface area contributed by atoms with Gasteiger partial charge < -0.3 is 4.74 Å². The van der Waals surface area contributed by atoms with E-state index in [0.717, 1.165) is 12.3 Å². The van der Waals surface area contributed by atoms with Crippen LogP contribution >= 0.6 is 11.6 Å². The largest absolute Gasteiger partial charge is 0.426 e. The molecule has 0 atom stereocenters. The summed E-state index contributed by atoms with van der Waals surface area (Å²) in [6.45, 7) is -0.951. The zero-order chi connectivity index (χ0) is 14.9. The first kappa shape index (κ1) is 16.0. The van der Waals surface area contributed by atoms with Gasteiger partial charge in [-0.2, -0.15) is 26.3 Å². The van der Waals surface area contributed by atoms with Crippen LogP contribution in [-0.4, -0.2) is 22.9 Å². The molecule has 0 saturated carbocycles. The van der Waals surface area contributed by atoms with Crippen molar-refractivity contribution in [3.63, 3.8) is 0 Å². The lowest BCUT2D eigenvalue weighted by atomic mass is 10.1. The molecule has 1 rings (SSSR count). The fourth-order valence-electron chi connectivity index (χ4n) is 1.08. The van der Waals surface area contributed by atoms with Gasteiger partial charge in [0, 0.05) is 6.20 Å². The summed E-state index contributed by atoms with van der Waals surface area (Å²) in [7, 11) is 0. The van der Waals surface area contributed by atoms with Crippen LogP contribution in [0, 0.1) is 0 Å². The lowest BCUT2D eigenvalue weighted by molar-refractivity contribution is -0.377. The maximum absolute atomic E-state index is 12.5. The minimum Gasteiger partial charge on any atom is -0.353 e. The first-order valence-electron chi connectivity index (χ1n) is 4.85. The van der Waals surface area contributed by atoms with Gasteiger partial charge in [0.15, 0.2) is 0 Å². The summed E-state index contributed by atoms with van der Waals surface area (Å²) < 4.78 is 79.1. The number of rotatable bonds is 3. The van der Waals surface area contributed by atoms with Gasteiger partial charge in [-0.3, -0.25) is 0 Å². The van der Waals surface area contributed by atoms with E-state index in [1.54, 1.807) is 0 Å². The SMILES string of the molecule is CC(OCc1ccnc(Cl)c1)(C(F)(F)F)C(F)(F)F. The number of hydrogen-bond acceptors (Lipinski definition) is 2. The maximum Gasteiger partial charge on any atom is 0.426 e. The molecule has 0 N–H and O–H groups in total.